The third-order valence-electron chi connectivity index (χ3n) is 4.05. The molecule has 1 heterocycles. The molecule has 0 saturated carbocycles. The van der Waals surface area contributed by atoms with Gasteiger partial charge in [-0.25, -0.2) is 4.79 Å². The zero-order chi connectivity index (χ0) is 16.7. The van der Waals surface area contributed by atoms with Gasteiger partial charge >= 0.3 is 6.03 Å². The van der Waals surface area contributed by atoms with Crippen LogP contribution in [0.15, 0.2) is 24.3 Å². The van der Waals surface area contributed by atoms with Crippen LogP contribution >= 0.6 is 0 Å². The maximum Gasteiger partial charge on any atom is 0.315 e. The Balaban J connectivity index is 1.76. The molecule has 23 heavy (non-hydrogen) atoms. The van der Waals surface area contributed by atoms with Crippen LogP contribution in [0.4, 0.5) is 10.5 Å². The van der Waals surface area contributed by atoms with E-state index in [4.69, 9.17) is 9.47 Å². The lowest BCUT2D eigenvalue weighted by Crippen LogP contribution is -2.44. The topological polar surface area (TPSA) is 62.8 Å². The van der Waals surface area contributed by atoms with Crippen LogP contribution in [0.5, 0.6) is 5.75 Å². The number of rotatable bonds is 7. The Morgan fingerprint density at radius 2 is 2.26 bits per heavy atom. The molecule has 0 bridgehead atoms. The van der Waals surface area contributed by atoms with Gasteiger partial charge in [-0.3, -0.25) is 0 Å². The molecule has 0 unspecified atom stereocenters. The van der Waals surface area contributed by atoms with Crippen molar-refractivity contribution in [2.24, 2.45) is 5.92 Å². The summed E-state index contributed by atoms with van der Waals surface area (Å²) in [6.07, 6.45) is 1.07. The Labute approximate surface area is 138 Å². The second-order valence-electron chi connectivity index (χ2n) is 6.01. The molecule has 1 aliphatic heterocycles. The minimum atomic E-state index is -0.130. The molecule has 1 fully saturated rings. The van der Waals surface area contributed by atoms with Gasteiger partial charge in [0.1, 0.15) is 5.75 Å². The van der Waals surface area contributed by atoms with Crippen molar-refractivity contribution in [1.82, 2.24) is 10.6 Å². The van der Waals surface area contributed by atoms with Crippen molar-refractivity contribution in [2.75, 3.05) is 45.4 Å². The minimum Gasteiger partial charge on any atom is -0.497 e. The summed E-state index contributed by atoms with van der Waals surface area (Å²) in [6.45, 7) is 5.07. The molecule has 0 radical (unpaired) electrons. The number of ether oxygens (including phenoxy) is 2. The maximum absolute atomic E-state index is 11.8. The normalized spacial score (nSPS) is 18.6. The third-order valence-corrected chi connectivity index (χ3v) is 4.05. The Bertz CT molecular complexity index is 510. The number of amides is 2. The number of hydrogen-bond donors (Lipinski definition) is 2. The number of benzene rings is 1. The fourth-order valence-corrected chi connectivity index (χ4v) is 2.84. The minimum absolute atomic E-state index is 0.0110. The summed E-state index contributed by atoms with van der Waals surface area (Å²) in [4.78, 5) is 14.1. The highest BCUT2D eigenvalue weighted by molar-refractivity contribution is 5.74. The van der Waals surface area contributed by atoms with Crippen LogP contribution in [0.25, 0.3) is 0 Å². The van der Waals surface area contributed by atoms with Crippen LogP contribution in [-0.2, 0) is 4.74 Å². The highest BCUT2D eigenvalue weighted by Crippen LogP contribution is 2.26. The Kier molecular flexibility index (Phi) is 6.52. The second-order valence-corrected chi connectivity index (χ2v) is 6.01. The average molecular weight is 321 g/mol. The zero-order valence-electron chi connectivity index (χ0n) is 14.2. The van der Waals surface area contributed by atoms with Gasteiger partial charge in [0.25, 0.3) is 0 Å². The van der Waals surface area contributed by atoms with Crippen molar-refractivity contribution in [1.29, 1.82) is 0 Å². The lowest BCUT2D eigenvalue weighted by atomic mass is 10.1. The summed E-state index contributed by atoms with van der Waals surface area (Å²) in [6, 6.07) is 7.98. The molecule has 1 saturated heterocycles. The zero-order valence-corrected chi connectivity index (χ0v) is 14.2. The lowest BCUT2D eigenvalue weighted by molar-refractivity contribution is 0.170. The fraction of sp³-hybridized carbons (Fsp3) is 0.588. The average Bonchev–Trinajstić information content (AvgIpc) is 3.02. The van der Waals surface area contributed by atoms with E-state index in [1.165, 1.54) is 5.69 Å². The Morgan fingerprint density at radius 3 is 3.00 bits per heavy atom. The van der Waals surface area contributed by atoms with E-state index in [0.29, 0.717) is 19.1 Å². The monoisotopic (exact) mass is 321 g/mol. The van der Waals surface area contributed by atoms with E-state index in [9.17, 15) is 4.79 Å². The molecule has 1 aromatic carbocycles. The van der Waals surface area contributed by atoms with Crippen LogP contribution in [0.1, 0.15) is 13.3 Å². The summed E-state index contributed by atoms with van der Waals surface area (Å²) < 4.78 is 10.3. The van der Waals surface area contributed by atoms with Crippen molar-refractivity contribution < 1.29 is 14.3 Å². The van der Waals surface area contributed by atoms with E-state index in [1.807, 2.05) is 19.1 Å². The van der Waals surface area contributed by atoms with Gasteiger partial charge < -0.3 is 25.0 Å². The molecule has 6 heteroatoms. The molecule has 2 amide bonds. The molecule has 2 N–H and O–H groups in total. The molecular weight excluding hydrogens is 294 g/mol. The van der Waals surface area contributed by atoms with Crippen molar-refractivity contribution >= 4 is 11.7 Å². The van der Waals surface area contributed by atoms with Crippen LogP contribution in [0.2, 0.25) is 0 Å². The number of anilines is 1. The van der Waals surface area contributed by atoms with E-state index in [0.717, 1.165) is 25.3 Å². The first-order valence-corrected chi connectivity index (χ1v) is 8.04. The van der Waals surface area contributed by atoms with Crippen LogP contribution in [-0.4, -0.2) is 52.5 Å². The van der Waals surface area contributed by atoms with E-state index < -0.39 is 0 Å². The molecule has 128 valence electrons. The number of carbonyl (C=O) groups excluding carboxylic acids is 1. The second kappa shape index (κ2) is 8.62. The Hall–Kier alpha value is -1.95. The first kappa shape index (κ1) is 17.4. The van der Waals surface area contributed by atoms with Gasteiger partial charge in [-0.1, -0.05) is 6.07 Å². The first-order chi connectivity index (χ1) is 11.1. The van der Waals surface area contributed by atoms with Gasteiger partial charge in [-0.15, -0.1) is 0 Å². The van der Waals surface area contributed by atoms with Gasteiger partial charge in [0.15, 0.2) is 0 Å². The number of nitrogens with one attached hydrogen (secondary N) is 2. The summed E-state index contributed by atoms with van der Waals surface area (Å²) in [5.74, 6) is 1.33. The van der Waals surface area contributed by atoms with E-state index in [-0.39, 0.29) is 12.1 Å². The maximum atomic E-state index is 11.8. The third kappa shape index (κ3) is 5.32. The highest BCUT2D eigenvalue weighted by Gasteiger charge is 2.23. The van der Waals surface area contributed by atoms with E-state index in [1.54, 1.807) is 14.2 Å². The molecule has 6 nitrogen and oxygen atoms in total. The molecule has 2 atom stereocenters. The van der Waals surface area contributed by atoms with Gasteiger partial charge in [-0.2, -0.15) is 0 Å². The van der Waals surface area contributed by atoms with Gasteiger partial charge in [-0.05, 0) is 31.4 Å². The number of carbonyl (C=O) groups is 1. The first-order valence-electron chi connectivity index (χ1n) is 8.04. The Morgan fingerprint density at radius 1 is 1.43 bits per heavy atom. The summed E-state index contributed by atoms with van der Waals surface area (Å²) in [5, 5.41) is 5.81. The van der Waals surface area contributed by atoms with Crippen molar-refractivity contribution in [2.45, 2.75) is 19.4 Å². The molecule has 0 aliphatic carbocycles. The number of hydrogen-bond acceptors (Lipinski definition) is 4. The van der Waals surface area contributed by atoms with Crippen LogP contribution in [0, 0.1) is 5.92 Å². The number of urea groups is 1. The van der Waals surface area contributed by atoms with E-state index >= 15 is 0 Å². The van der Waals surface area contributed by atoms with Gasteiger partial charge in [0.2, 0.25) is 0 Å². The van der Waals surface area contributed by atoms with Crippen LogP contribution in [0.3, 0.4) is 0 Å². The standard InChI is InChI=1S/C17H27N3O3/c1-13(12-22-2)19-17(21)18-10-14-7-8-20(11-14)15-5-4-6-16(9-15)23-3/h4-6,9,13-14H,7-8,10-12H2,1-3H3,(H2,18,19,21)/t13-,14-/m1/s1. The molecule has 1 aromatic rings. The SMILES string of the molecule is COC[C@@H](C)NC(=O)NC[C@H]1CCN(c2cccc(OC)c2)C1. The molecule has 0 spiro atoms. The highest BCUT2D eigenvalue weighted by atomic mass is 16.5. The fourth-order valence-electron chi connectivity index (χ4n) is 2.84. The number of methoxy groups -OCH3 is 2. The quantitative estimate of drug-likeness (QED) is 0.804. The molecule has 2 rings (SSSR count). The van der Waals surface area contributed by atoms with Crippen molar-refractivity contribution in [3.8, 4) is 5.75 Å². The van der Waals surface area contributed by atoms with Gasteiger partial charge in [0, 0.05) is 38.5 Å². The van der Waals surface area contributed by atoms with Gasteiger partial charge in [0.05, 0.1) is 19.8 Å². The smallest absolute Gasteiger partial charge is 0.315 e. The number of nitrogens with zero attached hydrogens (tertiary/aromatic N) is 1. The summed E-state index contributed by atoms with van der Waals surface area (Å²) in [7, 11) is 3.31. The van der Waals surface area contributed by atoms with E-state index in [2.05, 4.69) is 27.7 Å². The lowest BCUT2D eigenvalue weighted by Gasteiger charge is -2.20. The van der Waals surface area contributed by atoms with Crippen molar-refractivity contribution in [3.63, 3.8) is 0 Å². The largest absolute Gasteiger partial charge is 0.497 e. The molecule has 0 aromatic heterocycles. The van der Waals surface area contributed by atoms with Crippen LogP contribution < -0.4 is 20.3 Å². The summed E-state index contributed by atoms with van der Waals surface area (Å²) >= 11 is 0. The molecular formula is C17H27N3O3. The van der Waals surface area contributed by atoms with Crippen molar-refractivity contribution in [3.05, 3.63) is 24.3 Å². The summed E-state index contributed by atoms with van der Waals surface area (Å²) in [5.41, 5.74) is 1.17. The predicted molar refractivity (Wildman–Crippen MR) is 91.2 cm³/mol. The predicted octanol–water partition coefficient (Wildman–Crippen LogP) is 1.86. The molecule has 1 aliphatic rings.